The molecule has 3 N–H and O–H groups in total. The molecule has 0 aromatic rings. The molecule has 0 spiro atoms. The number of carbonyl (C=O) groups excluding carboxylic acids is 2. The van der Waals surface area contributed by atoms with Crippen molar-refractivity contribution in [1.29, 1.82) is 0 Å². The number of ether oxygens (including phenoxy) is 1. The fraction of sp³-hybridized carbons (Fsp3) is 0.778. The second-order valence-electron chi connectivity index (χ2n) is 11.8. The third-order valence-corrected chi connectivity index (χ3v) is 8.26. The van der Waals surface area contributed by atoms with Gasteiger partial charge in [-0.15, -0.1) is 0 Å². The van der Waals surface area contributed by atoms with Crippen molar-refractivity contribution in [3.05, 3.63) is 36.5 Å². The smallest absolute Gasteiger partial charge is 0.463 e. The molecule has 0 heterocycles. The summed E-state index contributed by atoms with van der Waals surface area (Å²) in [6.45, 7) is 3.41. The van der Waals surface area contributed by atoms with Crippen LogP contribution in [0.5, 0.6) is 0 Å². The number of rotatable bonds is 33. The van der Waals surface area contributed by atoms with E-state index in [1.165, 1.54) is 38.5 Å². The predicted molar refractivity (Wildman–Crippen MR) is 187 cm³/mol. The molecule has 0 saturated heterocycles. The Morgan fingerprint density at radius 1 is 0.674 bits per heavy atom. The lowest BCUT2D eigenvalue weighted by Gasteiger charge is -2.15. The van der Waals surface area contributed by atoms with Crippen molar-refractivity contribution < 1.29 is 37.9 Å². The van der Waals surface area contributed by atoms with E-state index in [2.05, 4.69) is 55.6 Å². The molecule has 0 aliphatic heterocycles. The zero-order valence-electron chi connectivity index (χ0n) is 29.0. The maximum absolute atomic E-state index is 12.0. The fourth-order valence-corrected chi connectivity index (χ4v) is 5.28. The molecule has 0 radical (unpaired) electrons. The zero-order valence-corrected chi connectivity index (χ0v) is 29.9. The zero-order chi connectivity index (χ0) is 34.0. The number of allylic oxidation sites excluding steroid dienone is 6. The summed E-state index contributed by atoms with van der Waals surface area (Å²) in [6.07, 6.45) is 33.6. The predicted octanol–water partition coefficient (Wildman–Crippen LogP) is 9.04. The van der Waals surface area contributed by atoms with E-state index >= 15 is 0 Å². The minimum Gasteiger partial charge on any atom is -0.463 e. The highest BCUT2D eigenvalue weighted by Crippen LogP contribution is 2.42. The number of carbonyl (C=O) groups is 2. The number of phosphoric acid groups is 1. The molecular formula is C36H66NO8P. The largest absolute Gasteiger partial charge is 0.472 e. The summed E-state index contributed by atoms with van der Waals surface area (Å²) in [7, 11) is -4.41. The van der Waals surface area contributed by atoms with Crippen LogP contribution in [0.25, 0.3) is 0 Å². The highest BCUT2D eigenvalue weighted by molar-refractivity contribution is 7.47. The first-order valence-corrected chi connectivity index (χ1v) is 19.5. The van der Waals surface area contributed by atoms with Crippen molar-refractivity contribution in [2.75, 3.05) is 26.4 Å². The van der Waals surface area contributed by atoms with E-state index in [1.807, 2.05) is 0 Å². The molecule has 0 aromatic carbocycles. The van der Waals surface area contributed by atoms with E-state index in [0.717, 1.165) is 83.5 Å². The van der Waals surface area contributed by atoms with E-state index in [-0.39, 0.29) is 32.1 Å². The van der Waals surface area contributed by atoms with Gasteiger partial charge in [0, 0.05) is 19.4 Å². The summed E-state index contributed by atoms with van der Waals surface area (Å²) >= 11 is 0. The first kappa shape index (κ1) is 44.2. The lowest BCUT2D eigenvalue weighted by molar-refractivity contribution is -0.147. The van der Waals surface area contributed by atoms with E-state index in [0.29, 0.717) is 6.42 Å². The van der Waals surface area contributed by atoms with Gasteiger partial charge in [0.05, 0.1) is 13.2 Å². The molecule has 0 aliphatic rings. The van der Waals surface area contributed by atoms with Crippen LogP contribution in [0.2, 0.25) is 0 Å². The van der Waals surface area contributed by atoms with Crippen molar-refractivity contribution in [3.63, 3.8) is 0 Å². The van der Waals surface area contributed by atoms with Crippen molar-refractivity contribution in [3.8, 4) is 0 Å². The number of aliphatic hydroxyl groups is 1. The summed E-state index contributed by atoms with van der Waals surface area (Å²) in [5.41, 5.74) is 0. The number of phosphoric ester groups is 1. The van der Waals surface area contributed by atoms with Gasteiger partial charge in [-0.1, -0.05) is 108 Å². The van der Waals surface area contributed by atoms with Gasteiger partial charge in [0.25, 0.3) is 0 Å². The Balaban J connectivity index is 3.67. The molecule has 0 rings (SSSR count). The molecule has 2 unspecified atom stereocenters. The van der Waals surface area contributed by atoms with Crippen LogP contribution in [0.1, 0.15) is 149 Å². The van der Waals surface area contributed by atoms with Gasteiger partial charge in [0.15, 0.2) is 0 Å². The van der Waals surface area contributed by atoms with Crippen molar-refractivity contribution in [1.82, 2.24) is 5.32 Å². The normalized spacial score (nSPS) is 13.9. The minimum atomic E-state index is -4.41. The first-order valence-electron chi connectivity index (χ1n) is 18.0. The van der Waals surface area contributed by atoms with Crippen LogP contribution in [-0.4, -0.2) is 54.3 Å². The SMILES string of the molecule is CCC/C=C\CCCCCCCC(=O)NCCOP(=O)(O)OCC(O)COC(=O)CCCCCCC/C=C\C/C=C\CCCCC. The monoisotopic (exact) mass is 671 g/mol. The molecule has 2 atom stereocenters. The van der Waals surface area contributed by atoms with Crippen molar-refractivity contribution in [2.24, 2.45) is 0 Å². The summed E-state index contributed by atoms with van der Waals surface area (Å²) < 4.78 is 26.7. The molecule has 9 nitrogen and oxygen atoms in total. The molecule has 10 heteroatoms. The number of unbranched alkanes of at least 4 members (excludes halogenated alkanes) is 14. The molecule has 0 fully saturated rings. The number of esters is 1. The molecule has 0 aliphatic carbocycles. The van der Waals surface area contributed by atoms with Crippen LogP contribution >= 0.6 is 7.82 Å². The van der Waals surface area contributed by atoms with E-state index in [4.69, 9.17) is 13.8 Å². The first-order chi connectivity index (χ1) is 22.3. The number of nitrogens with one attached hydrogen (secondary N) is 1. The van der Waals surface area contributed by atoms with Crippen LogP contribution in [0.15, 0.2) is 36.5 Å². The van der Waals surface area contributed by atoms with E-state index in [1.54, 1.807) is 0 Å². The molecule has 0 aromatic heterocycles. The van der Waals surface area contributed by atoms with Gasteiger partial charge in [-0.05, 0) is 64.2 Å². The van der Waals surface area contributed by atoms with Crippen LogP contribution in [0.3, 0.4) is 0 Å². The number of hydrogen-bond acceptors (Lipinski definition) is 7. The Morgan fingerprint density at radius 3 is 1.85 bits per heavy atom. The lowest BCUT2D eigenvalue weighted by Crippen LogP contribution is -2.27. The fourth-order valence-electron chi connectivity index (χ4n) is 4.53. The lowest BCUT2D eigenvalue weighted by atomic mass is 10.1. The molecule has 0 saturated carbocycles. The van der Waals surface area contributed by atoms with Gasteiger partial charge in [0.1, 0.15) is 12.7 Å². The van der Waals surface area contributed by atoms with Gasteiger partial charge in [0.2, 0.25) is 5.91 Å². The van der Waals surface area contributed by atoms with Crippen molar-refractivity contribution >= 4 is 19.7 Å². The Morgan fingerprint density at radius 2 is 1.22 bits per heavy atom. The number of amides is 1. The van der Waals surface area contributed by atoms with Gasteiger partial charge >= 0.3 is 13.8 Å². The Kier molecular flexibility index (Phi) is 31.9. The third kappa shape index (κ3) is 33.6. The summed E-state index contributed by atoms with van der Waals surface area (Å²) in [6, 6.07) is 0. The average Bonchev–Trinajstić information content (AvgIpc) is 3.04. The van der Waals surface area contributed by atoms with Crippen LogP contribution in [0.4, 0.5) is 0 Å². The molecule has 0 bridgehead atoms. The third-order valence-electron chi connectivity index (χ3n) is 7.27. The molecule has 1 amide bonds. The van der Waals surface area contributed by atoms with Gasteiger partial charge in [-0.3, -0.25) is 18.6 Å². The summed E-state index contributed by atoms with van der Waals surface area (Å²) in [5.74, 6) is -0.545. The van der Waals surface area contributed by atoms with E-state index < -0.39 is 26.5 Å². The standard InChI is InChI=1S/C36H66NO8P/c1-3-5-7-9-11-13-15-16-17-18-19-21-23-25-27-29-36(40)43-32-34(38)33-45-46(41,42)44-31-30-37-35(39)28-26-24-22-20-14-12-10-8-6-4-2/h8,10-11,13,16-17,34,38H,3-7,9,12,14-15,18-33H2,1-2H3,(H,37,39)(H,41,42)/b10-8-,13-11-,17-16-. The molecular weight excluding hydrogens is 605 g/mol. The van der Waals surface area contributed by atoms with E-state index in [9.17, 15) is 24.2 Å². The summed E-state index contributed by atoms with van der Waals surface area (Å²) in [5, 5.41) is 12.6. The maximum Gasteiger partial charge on any atom is 0.472 e. The Hall–Kier alpha value is -1.77. The molecule has 46 heavy (non-hydrogen) atoms. The topological polar surface area (TPSA) is 131 Å². The number of aliphatic hydroxyl groups excluding tert-OH is 1. The van der Waals surface area contributed by atoms with Crippen molar-refractivity contribution in [2.45, 2.75) is 155 Å². The summed E-state index contributed by atoms with van der Waals surface area (Å²) in [4.78, 5) is 33.6. The van der Waals surface area contributed by atoms with Gasteiger partial charge in [-0.25, -0.2) is 4.57 Å². The second kappa shape index (κ2) is 33.1. The van der Waals surface area contributed by atoms with Gasteiger partial charge in [-0.2, -0.15) is 0 Å². The average molecular weight is 672 g/mol. The Labute approximate surface area is 280 Å². The maximum atomic E-state index is 12.0. The number of hydrogen-bond donors (Lipinski definition) is 3. The Bertz CT molecular complexity index is 861. The highest BCUT2D eigenvalue weighted by Gasteiger charge is 2.23. The minimum absolute atomic E-state index is 0.0746. The highest BCUT2D eigenvalue weighted by atomic mass is 31.2. The van der Waals surface area contributed by atoms with Gasteiger partial charge < -0.3 is 20.1 Å². The quantitative estimate of drug-likeness (QED) is 0.0273. The molecule has 268 valence electrons. The van der Waals surface area contributed by atoms with Crippen LogP contribution in [0, 0.1) is 0 Å². The second-order valence-corrected chi connectivity index (χ2v) is 13.3. The van der Waals surface area contributed by atoms with Crippen LogP contribution in [-0.2, 0) is 27.9 Å². The van der Waals surface area contributed by atoms with Crippen LogP contribution < -0.4 is 5.32 Å².